The van der Waals surface area contributed by atoms with Crippen LogP contribution in [-0.4, -0.2) is 63.5 Å². The number of carbonyl (C=O) groups excluding carboxylic acids is 1. The quantitative estimate of drug-likeness (QED) is 0.368. The molecule has 38 heavy (non-hydrogen) atoms. The molecule has 1 fully saturated rings. The van der Waals surface area contributed by atoms with Crippen LogP contribution in [0.2, 0.25) is 18.6 Å². The Hall–Kier alpha value is -3.32. The number of ether oxygens (including phenoxy) is 2. The predicted molar refractivity (Wildman–Crippen MR) is 142 cm³/mol. The van der Waals surface area contributed by atoms with E-state index in [4.69, 9.17) is 14.6 Å². The minimum atomic E-state index is -2.79. The number of methoxy groups -OCH3 is 1. The van der Waals surface area contributed by atoms with Crippen LogP contribution < -0.4 is 15.6 Å². The fourth-order valence-corrected chi connectivity index (χ4v) is 8.68. The highest BCUT2D eigenvalue weighted by Crippen LogP contribution is 2.58. The maximum Gasteiger partial charge on any atom is 0.297 e. The number of nitrogens with zero attached hydrogens (tertiary/aromatic N) is 4. The Kier molecular flexibility index (Phi) is 6.76. The molecule has 12 heteroatoms. The van der Waals surface area contributed by atoms with Gasteiger partial charge in [-0.25, -0.2) is 0 Å². The van der Waals surface area contributed by atoms with Gasteiger partial charge in [-0.05, 0) is 49.8 Å². The van der Waals surface area contributed by atoms with Crippen molar-refractivity contribution in [3.05, 3.63) is 64.3 Å². The molecule has 4 atom stereocenters. The van der Waals surface area contributed by atoms with Crippen LogP contribution in [0, 0.1) is 5.92 Å². The number of carbonyl (C=O) groups is 1. The SMILES string of the molecule is COc1cccn(-c2ccc3c(c2)[C@@]2(O[C@H](CCn4cc(CCO)nn4)[C@@H]([Si](C)(C)O)[C@@H]2C)C(=O)N3)c1=O. The predicted octanol–water partition coefficient (Wildman–Crippen LogP) is 1.81. The van der Waals surface area contributed by atoms with Gasteiger partial charge in [0.05, 0.1) is 18.9 Å². The summed E-state index contributed by atoms with van der Waals surface area (Å²) < 4.78 is 15.1. The van der Waals surface area contributed by atoms with Gasteiger partial charge >= 0.3 is 0 Å². The summed E-state index contributed by atoms with van der Waals surface area (Å²) in [7, 11) is -1.35. The van der Waals surface area contributed by atoms with Gasteiger partial charge in [0.25, 0.3) is 11.5 Å². The number of pyridine rings is 1. The van der Waals surface area contributed by atoms with Crippen molar-refractivity contribution >= 4 is 19.9 Å². The fraction of sp³-hybridized carbons (Fsp3) is 0.462. The maximum absolute atomic E-state index is 13.6. The highest BCUT2D eigenvalue weighted by Gasteiger charge is 2.64. The monoisotopic (exact) mass is 539 g/mol. The highest BCUT2D eigenvalue weighted by atomic mass is 28.4. The summed E-state index contributed by atoms with van der Waals surface area (Å²) >= 11 is 0. The zero-order valence-electron chi connectivity index (χ0n) is 21.9. The van der Waals surface area contributed by atoms with Gasteiger partial charge in [0.15, 0.2) is 19.7 Å². The van der Waals surface area contributed by atoms with E-state index >= 15 is 0 Å². The lowest BCUT2D eigenvalue weighted by Crippen LogP contribution is -2.43. The largest absolute Gasteiger partial charge is 0.491 e. The topological polar surface area (TPSA) is 141 Å². The Bertz CT molecular complexity index is 1420. The maximum atomic E-state index is 13.6. The summed E-state index contributed by atoms with van der Waals surface area (Å²) in [5.74, 6) is -0.379. The summed E-state index contributed by atoms with van der Waals surface area (Å²) in [6.07, 6.45) is 3.99. The standard InChI is InChI=1S/C26H33N5O6Si/c1-16-23(38(3,4)35)21(9-12-30-15-17(10-13-32)28-29-30)37-26(16)19-14-18(7-8-20(19)27-25(26)34)31-11-5-6-22(36-2)24(31)33/h5-8,11,14-16,21,23,32,35H,9-10,12-13H2,1-4H3,(H,27,34)/t16-,21+,23-,26+/m0/s1. The fourth-order valence-electron chi connectivity index (χ4n) is 6.07. The second-order valence-corrected chi connectivity index (χ2v) is 14.5. The van der Waals surface area contributed by atoms with E-state index in [1.54, 1.807) is 41.3 Å². The molecule has 5 rings (SSSR count). The summed E-state index contributed by atoms with van der Waals surface area (Å²) in [5.41, 5.74) is 0.710. The highest BCUT2D eigenvalue weighted by molar-refractivity contribution is 6.71. The van der Waals surface area contributed by atoms with Crippen molar-refractivity contribution in [1.29, 1.82) is 0 Å². The number of aryl methyl sites for hydroxylation is 1. The van der Waals surface area contributed by atoms with Crippen molar-refractivity contribution in [3.8, 4) is 11.4 Å². The lowest BCUT2D eigenvalue weighted by atomic mass is 9.82. The van der Waals surface area contributed by atoms with Crippen LogP contribution in [0.4, 0.5) is 5.69 Å². The number of aliphatic hydroxyl groups excluding tert-OH is 1. The van der Waals surface area contributed by atoms with Gasteiger partial charge in [0.2, 0.25) is 0 Å². The Balaban J connectivity index is 1.52. The number of rotatable bonds is 8. The third kappa shape index (κ3) is 4.27. The first kappa shape index (κ1) is 26.3. The zero-order valence-corrected chi connectivity index (χ0v) is 22.9. The van der Waals surface area contributed by atoms with Gasteiger partial charge in [-0.2, -0.15) is 0 Å². The molecule has 0 bridgehead atoms. The lowest BCUT2D eigenvalue weighted by molar-refractivity contribution is -0.143. The van der Waals surface area contributed by atoms with Gasteiger partial charge in [-0.1, -0.05) is 12.1 Å². The first-order valence-corrected chi connectivity index (χ1v) is 15.7. The van der Waals surface area contributed by atoms with Crippen LogP contribution in [0.25, 0.3) is 5.69 Å². The number of aliphatic hydroxyl groups is 1. The molecule has 2 aliphatic rings. The number of aromatic nitrogens is 4. The Morgan fingerprint density at radius 3 is 2.76 bits per heavy atom. The molecule has 0 unspecified atom stereocenters. The van der Waals surface area contributed by atoms with Crippen LogP contribution in [0.3, 0.4) is 0 Å². The Morgan fingerprint density at radius 2 is 2.05 bits per heavy atom. The van der Waals surface area contributed by atoms with E-state index < -0.39 is 20.0 Å². The number of amides is 1. The number of nitrogens with one attached hydrogen (secondary N) is 1. The molecule has 4 heterocycles. The van der Waals surface area contributed by atoms with E-state index in [2.05, 4.69) is 15.6 Å². The van der Waals surface area contributed by atoms with E-state index in [1.807, 2.05) is 26.1 Å². The zero-order chi connectivity index (χ0) is 27.2. The molecule has 1 spiro atoms. The molecule has 1 saturated heterocycles. The van der Waals surface area contributed by atoms with Gasteiger partial charge in [0.1, 0.15) is 0 Å². The van der Waals surface area contributed by atoms with Crippen molar-refractivity contribution in [2.75, 3.05) is 19.0 Å². The minimum absolute atomic E-state index is 0.00473. The summed E-state index contributed by atoms with van der Waals surface area (Å²) in [6, 6.07) is 8.69. The van der Waals surface area contributed by atoms with Gasteiger partial charge < -0.3 is 24.7 Å². The minimum Gasteiger partial charge on any atom is -0.491 e. The third-order valence-corrected chi connectivity index (χ3v) is 10.2. The second kappa shape index (κ2) is 9.77. The number of hydrogen-bond acceptors (Lipinski definition) is 8. The Morgan fingerprint density at radius 1 is 1.26 bits per heavy atom. The van der Waals surface area contributed by atoms with Gasteiger partial charge in [0, 0.05) is 60.4 Å². The smallest absolute Gasteiger partial charge is 0.297 e. The molecule has 3 N–H and O–H groups in total. The molecule has 11 nitrogen and oxygen atoms in total. The molecular formula is C26H33N5O6Si. The van der Waals surface area contributed by atoms with Crippen LogP contribution >= 0.6 is 0 Å². The van der Waals surface area contributed by atoms with Gasteiger partial charge in [-0.3, -0.25) is 18.8 Å². The molecule has 202 valence electrons. The average molecular weight is 540 g/mol. The van der Waals surface area contributed by atoms with E-state index in [-0.39, 0.29) is 35.3 Å². The van der Waals surface area contributed by atoms with E-state index in [0.29, 0.717) is 42.0 Å². The van der Waals surface area contributed by atoms with Crippen molar-refractivity contribution < 1.29 is 24.2 Å². The van der Waals surface area contributed by atoms with Crippen molar-refractivity contribution in [1.82, 2.24) is 19.6 Å². The van der Waals surface area contributed by atoms with Crippen LogP contribution in [-0.2, 0) is 28.1 Å². The molecule has 0 aliphatic carbocycles. The molecule has 2 aromatic heterocycles. The van der Waals surface area contributed by atoms with Crippen LogP contribution in [0.15, 0.2) is 47.5 Å². The Labute approximate surface area is 221 Å². The molecule has 3 aromatic rings. The molecule has 0 saturated carbocycles. The number of benzene rings is 1. The molecular weight excluding hydrogens is 506 g/mol. The second-order valence-electron chi connectivity index (χ2n) is 10.5. The number of hydrogen-bond donors (Lipinski definition) is 3. The third-order valence-electron chi connectivity index (χ3n) is 7.73. The lowest BCUT2D eigenvalue weighted by Gasteiger charge is -2.32. The molecule has 2 aliphatic heterocycles. The van der Waals surface area contributed by atoms with E-state index in [0.717, 1.165) is 0 Å². The summed E-state index contributed by atoms with van der Waals surface area (Å²) in [4.78, 5) is 37.9. The van der Waals surface area contributed by atoms with Gasteiger partial charge in [-0.15, -0.1) is 5.10 Å². The van der Waals surface area contributed by atoms with Crippen LogP contribution in [0.5, 0.6) is 5.75 Å². The van der Waals surface area contributed by atoms with Crippen molar-refractivity contribution in [2.45, 2.75) is 56.7 Å². The number of fused-ring (bicyclic) bond motifs is 2. The van der Waals surface area contributed by atoms with Crippen molar-refractivity contribution in [2.24, 2.45) is 5.92 Å². The summed E-state index contributed by atoms with van der Waals surface area (Å²) in [6.45, 7) is 6.19. The molecule has 1 amide bonds. The average Bonchev–Trinajstić information content (AvgIpc) is 3.53. The van der Waals surface area contributed by atoms with Crippen molar-refractivity contribution in [3.63, 3.8) is 0 Å². The summed E-state index contributed by atoms with van der Waals surface area (Å²) in [5, 5.41) is 20.3. The van der Waals surface area contributed by atoms with E-state index in [1.165, 1.54) is 11.7 Å². The molecule has 1 aromatic carbocycles. The van der Waals surface area contributed by atoms with Crippen LogP contribution in [0.1, 0.15) is 24.6 Å². The first-order chi connectivity index (χ1) is 18.1. The normalized spacial score (nSPS) is 24.6. The van der Waals surface area contributed by atoms with E-state index in [9.17, 15) is 14.4 Å². The first-order valence-electron chi connectivity index (χ1n) is 12.7. The number of anilines is 1. The molecule has 0 radical (unpaired) electrons.